The molecule has 0 saturated heterocycles. The van der Waals surface area contributed by atoms with E-state index < -0.39 is 11.5 Å². The van der Waals surface area contributed by atoms with Gasteiger partial charge in [0.25, 0.3) is 5.56 Å². The van der Waals surface area contributed by atoms with Crippen molar-refractivity contribution in [3.8, 4) is 11.1 Å². The molecule has 5 nitrogen and oxygen atoms in total. The lowest BCUT2D eigenvalue weighted by molar-refractivity contribution is 0.0525. The fourth-order valence-electron chi connectivity index (χ4n) is 3.22. The number of fused-ring (bicyclic) bond motifs is 3. The van der Waals surface area contributed by atoms with Gasteiger partial charge >= 0.3 is 5.97 Å². The molecule has 26 heavy (non-hydrogen) atoms. The van der Waals surface area contributed by atoms with E-state index in [0.29, 0.717) is 22.2 Å². The van der Waals surface area contributed by atoms with Crippen LogP contribution in [0.2, 0.25) is 0 Å². The number of aromatic amines is 1. The highest BCUT2D eigenvalue weighted by molar-refractivity contribution is 6.12. The molecule has 0 unspecified atom stereocenters. The summed E-state index contributed by atoms with van der Waals surface area (Å²) >= 11 is 0. The highest BCUT2D eigenvalue weighted by atomic mass is 16.5. The van der Waals surface area contributed by atoms with E-state index in [1.54, 1.807) is 6.92 Å². The van der Waals surface area contributed by atoms with Crippen LogP contribution in [0.1, 0.15) is 22.8 Å². The second-order valence-corrected chi connectivity index (χ2v) is 6.10. The molecule has 0 saturated carbocycles. The molecule has 2 aromatic heterocycles. The van der Waals surface area contributed by atoms with Gasteiger partial charge in [-0.3, -0.25) is 4.79 Å². The summed E-state index contributed by atoms with van der Waals surface area (Å²) in [6.07, 6.45) is 0. The number of carbonyl (C=O) groups excluding carboxylic acids is 1. The first-order valence-electron chi connectivity index (χ1n) is 8.42. The molecule has 0 spiro atoms. The van der Waals surface area contributed by atoms with Crippen molar-refractivity contribution < 1.29 is 13.9 Å². The minimum Gasteiger partial charge on any atom is -0.462 e. The molecule has 1 N–H and O–H groups in total. The number of furan rings is 1. The van der Waals surface area contributed by atoms with Crippen molar-refractivity contribution in [1.82, 2.24) is 4.98 Å². The van der Waals surface area contributed by atoms with Crippen LogP contribution in [0.15, 0.2) is 57.7 Å². The number of hydrogen-bond donors (Lipinski definition) is 1. The zero-order chi connectivity index (χ0) is 18.3. The molecule has 0 aliphatic heterocycles. The molecule has 4 rings (SSSR count). The lowest BCUT2D eigenvalue weighted by Gasteiger charge is -2.10. The summed E-state index contributed by atoms with van der Waals surface area (Å²) in [5.41, 5.74) is 3.39. The summed E-state index contributed by atoms with van der Waals surface area (Å²) in [7, 11) is 0. The molecule has 0 bridgehead atoms. The Kier molecular flexibility index (Phi) is 3.84. The number of para-hydroxylation sites is 1. The van der Waals surface area contributed by atoms with Crippen LogP contribution in [0.3, 0.4) is 0 Å². The zero-order valence-corrected chi connectivity index (χ0v) is 14.5. The summed E-state index contributed by atoms with van der Waals surface area (Å²) in [5, 5.41) is 0.795. The van der Waals surface area contributed by atoms with Crippen molar-refractivity contribution in [2.75, 3.05) is 6.61 Å². The number of rotatable bonds is 3. The number of H-pyrrole nitrogens is 1. The molecule has 2 aromatic carbocycles. The molecule has 0 fully saturated rings. The Morgan fingerprint density at radius 3 is 2.73 bits per heavy atom. The van der Waals surface area contributed by atoms with Crippen molar-refractivity contribution in [2.24, 2.45) is 0 Å². The van der Waals surface area contributed by atoms with E-state index in [0.717, 1.165) is 16.5 Å². The van der Waals surface area contributed by atoms with E-state index in [1.165, 1.54) is 0 Å². The first-order valence-corrected chi connectivity index (χ1v) is 8.42. The van der Waals surface area contributed by atoms with Crippen LogP contribution in [0.25, 0.3) is 33.2 Å². The number of nitrogens with one attached hydrogen (secondary N) is 1. The second-order valence-electron chi connectivity index (χ2n) is 6.10. The largest absolute Gasteiger partial charge is 0.462 e. The van der Waals surface area contributed by atoms with Gasteiger partial charge in [-0.25, -0.2) is 4.79 Å². The smallest absolute Gasteiger partial charge is 0.344 e. The lowest BCUT2D eigenvalue weighted by Crippen LogP contribution is -2.21. The van der Waals surface area contributed by atoms with E-state index in [-0.39, 0.29) is 12.2 Å². The first kappa shape index (κ1) is 16.1. The summed E-state index contributed by atoms with van der Waals surface area (Å²) in [5.74, 6) is -0.660. The first-order chi connectivity index (χ1) is 12.6. The number of hydrogen-bond acceptors (Lipinski definition) is 4. The molecule has 0 amide bonds. The van der Waals surface area contributed by atoms with E-state index in [1.807, 2.05) is 55.5 Å². The average molecular weight is 347 g/mol. The highest BCUT2D eigenvalue weighted by Crippen LogP contribution is 2.35. The van der Waals surface area contributed by atoms with Gasteiger partial charge < -0.3 is 14.1 Å². The van der Waals surface area contributed by atoms with Gasteiger partial charge in [-0.15, -0.1) is 0 Å². The Hall–Kier alpha value is -3.34. The SMILES string of the molecule is CCOC(=O)c1c(-c2cccc(C)c2)c2oc3ccccc3c2[nH]c1=O. The third-order valence-corrected chi connectivity index (χ3v) is 4.32. The maximum atomic E-state index is 12.8. The Morgan fingerprint density at radius 2 is 1.96 bits per heavy atom. The Bertz CT molecular complexity index is 1200. The Morgan fingerprint density at radius 1 is 1.15 bits per heavy atom. The lowest BCUT2D eigenvalue weighted by atomic mass is 9.98. The zero-order valence-electron chi connectivity index (χ0n) is 14.5. The van der Waals surface area contributed by atoms with Gasteiger partial charge in [0.2, 0.25) is 0 Å². The number of benzene rings is 2. The summed E-state index contributed by atoms with van der Waals surface area (Å²) < 4.78 is 11.1. The van der Waals surface area contributed by atoms with Gasteiger partial charge in [0, 0.05) is 10.9 Å². The molecular weight excluding hydrogens is 330 g/mol. The third kappa shape index (κ3) is 2.49. The van der Waals surface area contributed by atoms with Crippen molar-refractivity contribution in [3.05, 3.63) is 70.0 Å². The molecule has 5 heteroatoms. The van der Waals surface area contributed by atoms with E-state index >= 15 is 0 Å². The maximum Gasteiger partial charge on any atom is 0.344 e. The van der Waals surface area contributed by atoms with Crippen LogP contribution < -0.4 is 5.56 Å². The van der Waals surface area contributed by atoms with Gasteiger partial charge in [-0.2, -0.15) is 0 Å². The standard InChI is InChI=1S/C21H17NO4/c1-3-25-21(24)17-16(13-8-6-7-12(2)11-13)19-18(22-20(17)23)14-9-4-5-10-15(14)26-19/h4-11H,3H2,1-2H3,(H,22,23). The van der Waals surface area contributed by atoms with Crippen LogP contribution >= 0.6 is 0 Å². The number of carbonyl (C=O) groups is 1. The normalized spacial score (nSPS) is 11.2. The highest BCUT2D eigenvalue weighted by Gasteiger charge is 2.25. The minimum absolute atomic E-state index is 0.0380. The molecular formula is C21H17NO4. The van der Waals surface area contributed by atoms with Gasteiger partial charge in [0.1, 0.15) is 11.1 Å². The fraction of sp³-hybridized carbons (Fsp3) is 0.143. The molecule has 0 atom stereocenters. The van der Waals surface area contributed by atoms with E-state index in [2.05, 4.69) is 4.98 Å². The predicted molar refractivity (Wildman–Crippen MR) is 100 cm³/mol. The van der Waals surface area contributed by atoms with Gasteiger partial charge in [-0.1, -0.05) is 42.0 Å². The van der Waals surface area contributed by atoms with Crippen LogP contribution in [0, 0.1) is 6.92 Å². The quantitative estimate of drug-likeness (QED) is 0.557. The van der Waals surface area contributed by atoms with Crippen molar-refractivity contribution >= 4 is 28.0 Å². The summed E-state index contributed by atoms with van der Waals surface area (Å²) in [6, 6.07) is 15.1. The van der Waals surface area contributed by atoms with Crippen molar-refractivity contribution in [1.29, 1.82) is 0 Å². The maximum absolute atomic E-state index is 12.8. The fourth-order valence-corrected chi connectivity index (χ4v) is 3.22. The third-order valence-electron chi connectivity index (χ3n) is 4.32. The molecule has 0 radical (unpaired) electrons. The Balaban J connectivity index is 2.17. The van der Waals surface area contributed by atoms with Gasteiger partial charge in [-0.05, 0) is 31.5 Å². The average Bonchev–Trinajstić information content (AvgIpc) is 2.99. The van der Waals surface area contributed by atoms with Crippen LogP contribution in [-0.4, -0.2) is 17.6 Å². The number of esters is 1. The number of aromatic nitrogens is 1. The number of ether oxygens (including phenoxy) is 1. The van der Waals surface area contributed by atoms with Gasteiger partial charge in [0.15, 0.2) is 5.58 Å². The van der Waals surface area contributed by atoms with Crippen LogP contribution in [0.4, 0.5) is 0 Å². The van der Waals surface area contributed by atoms with Gasteiger partial charge in [0.05, 0.1) is 12.1 Å². The van der Waals surface area contributed by atoms with Crippen molar-refractivity contribution in [3.63, 3.8) is 0 Å². The molecule has 0 aliphatic carbocycles. The number of aryl methyl sites for hydroxylation is 1. The predicted octanol–water partition coefficient (Wildman–Crippen LogP) is 4.43. The minimum atomic E-state index is -0.660. The van der Waals surface area contributed by atoms with E-state index in [4.69, 9.17) is 9.15 Å². The molecule has 0 aliphatic rings. The number of pyridine rings is 1. The van der Waals surface area contributed by atoms with Crippen LogP contribution in [-0.2, 0) is 4.74 Å². The van der Waals surface area contributed by atoms with E-state index in [9.17, 15) is 9.59 Å². The molecule has 4 aromatic rings. The molecule has 2 heterocycles. The topological polar surface area (TPSA) is 72.3 Å². The monoisotopic (exact) mass is 347 g/mol. The van der Waals surface area contributed by atoms with Crippen LogP contribution in [0.5, 0.6) is 0 Å². The summed E-state index contributed by atoms with van der Waals surface area (Å²) in [6.45, 7) is 3.85. The summed E-state index contributed by atoms with van der Waals surface area (Å²) in [4.78, 5) is 28.1. The molecule has 130 valence electrons. The van der Waals surface area contributed by atoms with Crippen molar-refractivity contribution in [2.45, 2.75) is 13.8 Å². The second kappa shape index (κ2) is 6.19. The Labute approximate surface area is 149 Å².